The summed E-state index contributed by atoms with van der Waals surface area (Å²) in [6, 6.07) is 8.64. The van der Waals surface area contributed by atoms with Gasteiger partial charge >= 0.3 is 0 Å². The molecule has 1 fully saturated rings. The smallest absolute Gasteiger partial charge is 0.136 e. The second kappa shape index (κ2) is 11.2. The van der Waals surface area contributed by atoms with Crippen LogP contribution in [-0.2, 0) is 0 Å². The molecule has 0 amide bonds. The molecule has 6 heteroatoms. The first-order valence-electron chi connectivity index (χ1n) is 10.9. The van der Waals surface area contributed by atoms with Crippen LogP contribution in [0.15, 0.2) is 29.1 Å². The summed E-state index contributed by atoms with van der Waals surface area (Å²) in [5, 5.41) is 0. The second-order valence-electron chi connectivity index (χ2n) is 9.99. The molecule has 1 aliphatic heterocycles. The molecule has 1 heterocycles. The van der Waals surface area contributed by atoms with Gasteiger partial charge in [-0.3, -0.25) is 0 Å². The molecule has 0 aromatic heterocycles. The quantitative estimate of drug-likeness (QED) is 0.230. The van der Waals surface area contributed by atoms with Crippen molar-refractivity contribution >= 4 is 50.5 Å². The van der Waals surface area contributed by atoms with Crippen molar-refractivity contribution in [2.45, 2.75) is 65.0 Å². The fourth-order valence-electron chi connectivity index (χ4n) is 3.96. The van der Waals surface area contributed by atoms with Gasteiger partial charge < -0.3 is 9.64 Å². The first-order valence-corrected chi connectivity index (χ1v) is 19.3. The molecule has 2 nitrogen and oxygen atoms in total. The molecule has 0 unspecified atom stereocenters. The summed E-state index contributed by atoms with van der Waals surface area (Å²) in [6.07, 6.45) is 7.40. The second-order valence-corrected chi connectivity index (χ2v) is 22.3. The molecule has 1 aromatic rings. The molecular weight excluding hydrogens is 427 g/mol. The molecule has 1 aromatic carbocycles. The van der Waals surface area contributed by atoms with Gasteiger partial charge in [-0.1, -0.05) is 86.3 Å². The number of benzene rings is 1. The third kappa shape index (κ3) is 8.60. The summed E-state index contributed by atoms with van der Waals surface area (Å²) in [4.78, 5) is 4.10. The van der Waals surface area contributed by atoms with Crippen molar-refractivity contribution in [3.63, 3.8) is 0 Å². The third-order valence-corrected chi connectivity index (χ3v) is 14.8. The maximum Gasteiger partial charge on any atom is 0.136 e. The Kier molecular flexibility index (Phi) is 9.51. The van der Waals surface area contributed by atoms with E-state index in [1.807, 2.05) is 11.8 Å². The van der Waals surface area contributed by atoms with Gasteiger partial charge in [0.1, 0.15) is 10.1 Å². The van der Waals surface area contributed by atoms with Crippen molar-refractivity contribution in [1.82, 2.24) is 4.90 Å². The van der Waals surface area contributed by atoms with Gasteiger partial charge in [-0.05, 0) is 43.4 Å². The summed E-state index contributed by atoms with van der Waals surface area (Å²) >= 11 is 7.38. The van der Waals surface area contributed by atoms with Crippen LogP contribution in [0.1, 0.15) is 31.2 Å². The predicted octanol–water partition coefficient (Wildman–Crippen LogP) is 7.10. The van der Waals surface area contributed by atoms with Gasteiger partial charge in [0.25, 0.3) is 0 Å². The number of ether oxygens (including phenoxy) is 1. The van der Waals surface area contributed by atoms with Crippen LogP contribution in [0.25, 0.3) is 6.08 Å². The van der Waals surface area contributed by atoms with Crippen LogP contribution in [0.4, 0.5) is 0 Å². The zero-order valence-electron chi connectivity index (χ0n) is 19.2. The van der Waals surface area contributed by atoms with E-state index >= 15 is 0 Å². The molecule has 0 saturated carbocycles. The summed E-state index contributed by atoms with van der Waals surface area (Å²) in [5.41, 5.74) is 1.31. The lowest BCUT2D eigenvalue weighted by Gasteiger charge is -2.31. The summed E-state index contributed by atoms with van der Waals surface area (Å²) < 4.78 is 7.03. The van der Waals surface area contributed by atoms with E-state index in [9.17, 15) is 0 Å². The molecule has 0 bridgehead atoms. The first-order chi connectivity index (χ1) is 13.6. The van der Waals surface area contributed by atoms with Crippen molar-refractivity contribution in [2.24, 2.45) is 0 Å². The van der Waals surface area contributed by atoms with Crippen molar-refractivity contribution in [1.29, 1.82) is 0 Å². The maximum absolute atomic E-state index is 5.95. The number of likely N-dealkylation sites (tertiary alicyclic amines) is 1. The van der Waals surface area contributed by atoms with Crippen LogP contribution in [0, 0.1) is 0 Å². The van der Waals surface area contributed by atoms with Crippen LogP contribution in [0.3, 0.4) is 0 Å². The van der Waals surface area contributed by atoms with Crippen molar-refractivity contribution in [3.05, 3.63) is 34.6 Å². The highest BCUT2D eigenvalue weighted by molar-refractivity contribution is 8.22. The lowest BCUT2D eigenvalue weighted by Crippen LogP contribution is -2.39. The molecule has 0 N–H and O–H groups in total. The Labute approximate surface area is 190 Å². The predicted molar refractivity (Wildman–Crippen MR) is 142 cm³/mol. The summed E-state index contributed by atoms with van der Waals surface area (Å²) in [6.45, 7) is 17.8. The minimum atomic E-state index is -1.30. The number of piperidine rings is 1. The average Bonchev–Trinajstić information content (AvgIpc) is 2.65. The zero-order valence-corrected chi connectivity index (χ0v) is 22.8. The molecule has 0 radical (unpaired) electrons. The Morgan fingerprint density at radius 2 is 1.59 bits per heavy atom. The van der Waals surface area contributed by atoms with E-state index in [2.05, 4.69) is 74.5 Å². The number of thioether (sulfide) groups is 1. The number of hydrogen-bond acceptors (Lipinski definition) is 3. The van der Waals surface area contributed by atoms with Gasteiger partial charge in [-0.2, -0.15) is 0 Å². The molecule has 0 spiro atoms. The Hall–Kier alpha value is -0.566. The standard InChI is InChI=1S/C23H39NOS2Si2/c1-28(2,3)22(29(4,5)6)19-20-11-13-21(14-12-20)25-17-10-18-27-23(26)24-15-8-7-9-16-24/h11-14,19H,7-10,15-18H2,1-6H3. The van der Waals surface area contributed by atoms with Crippen LogP contribution < -0.4 is 4.74 Å². The molecule has 29 heavy (non-hydrogen) atoms. The first kappa shape index (κ1) is 24.7. The minimum Gasteiger partial charge on any atom is -0.494 e. The van der Waals surface area contributed by atoms with E-state index in [1.165, 1.54) is 24.8 Å². The van der Waals surface area contributed by atoms with Crippen molar-refractivity contribution in [3.8, 4) is 5.75 Å². The van der Waals surface area contributed by atoms with E-state index in [0.29, 0.717) is 0 Å². The maximum atomic E-state index is 5.95. The van der Waals surface area contributed by atoms with Crippen LogP contribution in [0.5, 0.6) is 5.75 Å². The van der Waals surface area contributed by atoms with E-state index in [1.54, 1.807) is 4.82 Å². The van der Waals surface area contributed by atoms with E-state index in [4.69, 9.17) is 17.0 Å². The van der Waals surface area contributed by atoms with Gasteiger partial charge in [0.2, 0.25) is 0 Å². The SMILES string of the molecule is C[Si](C)(C)C(=Cc1ccc(OCCCSC(=S)N2CCCCC2)cc1)[Si](C)(C)C. The number of thiocarbonyl (C=S) groups is 1. The normalized spacial score (nSPS) is 15.2. The largest absolute Gasteiger partial charge is 0.494 e. The lowest BCUT2D eigenvalue weighted by molar-refractivity contribution is 0.318. The van der Waals surface area contributed by atoms with E-state index < -0.39 is 16.1 Å². The molecule has 0 aliphatic carbocycles. The Morgan fingerprint density at radius 1 is 1.00 bits per heavy atom. The number of hydrogen-bond donors (Lipinski definition) is 0. The van der Waals surface area contributed by atoms with Crippen LogP contribution in [0.2, 0.25) is 39.3 Å². The van der Waals surface area contributed by atoms with Crippen molar-refractivity contribution < 1.29 is 4.74 Å². The third-order valence-electron chi connectivity index (χ3n) is 5.20. The molecular formula is C23H39NOS2Si2. The minimum absolute atomic E-state index is 0.750. The molecule has 162 valence electrons. The van der Waals surface area contributed by atoms with Gasteiger partial charge in [0, 0.05) is 18.8 Å². The van der Waals surface area contributed by atoms with Gasteiger partial charge in [0.15, 0.2) is 0 Å². The topological polar surface area (TPSA) is 12.5 Å². The Balaban J connectivity index is 1.79. The molecule has 1 aliphatic rings. The van der Waals surface area contributed by atoms with E-state index in [0.717, 1.165) is 41.9 Å². The molecule has 0 atom stereocenters. The highest BCUT2D eigenvalue weighted by Gasteiger charge is 2.30. The average molecular weight is 466 g/mol. The summed E-state index contributed by atoms with van der Waals surface area (Å²) in [5.74, 6) is 2.00. The fraction of sp³-hybridized carbons (Fsp3) is 0.609. The van der Waals surface area contributed by atoms with Crippen LogP contribution >= 0.6 is 24.0 Å². The van der Waals surface area contributed by atoms with Crippen molar-refractivity contribution in [2.75, 3.05) is 25.4 Å². The molecule has 1 saturated heterocycles. The monoisotopic (exact) mass is 465 g/mol. The summed E-state index contributed by atoms with van der Waals surface area (Å²) in [7, 11) is -2.59. The van der Waals surface area contributed by atoms with Gasteiger partial charge in [-0.25, -0.2) is 0 Å². The zero-order chi connectivity index (χ0) is 21.5. The Bertz CT molecular complexity index is 668. The van der Waals surface area contributed by atoms with Gasteiger partial charge in [0.05, 0.1) is 22.8 Å². The van der Waals surface area contributed by atoms with Crippen LogP contribution in [-0.4, -0.2) is 50.8 Å². The lowest BCUT2D eigenvalue weighted by atomic mass is 10.1. The Morgan fingerprint density at radius 3 is 2.14 bits per heavy atom. The number of nitrogens with zero attached hydrogens (tertiary/aromatic N) is 1. The highest BCUT2D eigenvalue weighted by atomic mass is 32.2. The number of rotatable bonds is 8. The van der Waals surface area contributed by atoms with Gasteiger partial charge in [-0.15, -0.1) is 0 Å². The molecule has 2 rings (SSSR count). The highest BCUT2D eigenvalue weighted by Crippen LogP contribution is 2.28. The van der Waals surface area contributed by atoms with E-state index in [-0.39, 0.29) is 0 Å². The fourth-order valence-corrected chi connectivity index (χ4v) is 15.4.